The normalized spacial score (nSPS) is 16.7. The Morgan fingerprint density at radius 2 is 1.86 bits per heavy atom. The maximum atomic E-state index is 13.3. The van der Waals surface area contributed by atoms with E-state index in [-0.39, 0.29) is 17.9 Å². The summed E-state index contributed by atoms with van der Waals surface area (Å²) in [5.41, 5.74) is 2.68. The van der Waals surface area contributed by atoms with Gasteiger partial charge in [0.15, 0.2) is 0 Å². The van der Waals surface area contributed by atoms with Crippen molar-refractivity contribution in [1.29, 1.82) is 0 Å². The van der Waals surface area contributed by atoms with Gasteiger partial charge in [0.25, 0.3) is 11.7 Å². The Hall–Kier alpha value is -4.39. The second-order valence-electron chi connectivity index (χ2n) is 8.37. The number of amides is 1. The van der Waals surface area contributed by atoms with Gasteiger partial charge in [-0.25, -0.2) is 0 Å². The Bertz CT molecular complexity index is 1300. The number of carbonyl (C=O) groups is 2. The minimum atomic E-state index is -0.787. The Morgan fingerprint density at radius 3 is 2.50 bits per heavy atom. The molecule has 1 N–H and O–H groups in total. The highest BCUT2D eigenvalue weighted by Gasteiger charge is 2.46. The van der Waals surface area contributed by atoms with Crippen LogP contribution in [0, 0.1) is 6.92 Å². The molecule has 0 aliphatic carbocycles. The molecule has 3 aromatic rings. The minimum absolute atomic E-state index is 0.0379. The molecular formula is C29H28N2O5. The molecule has 0 saturated carbocycles. The Morgan fingerprint density at radius 1 is 1.11 bits per heavy atom. The van der Waals surface area contributed by atoms with Crippen LogP contribution in [0.1, 0.15) is 35.2 Å². The third-order valence-corrected chi connectivity index (χ3v) is 5.94. The van der Waals surface area contributed by atoms with Gasteiger partial charge in [-0.05, 0) is 66.9 Å². The number of aryl methyl sites for hydroxylation is 1. The number of aliphatic hydroxyl groups excluding tert-OH is 1. The lowest BCUT2D eigenvalue weighted by Crippen LogP contribution is -2.29. The van der Waals surface area contributed by atoms with E-state index in [4.69, 9.17) is 9.47 Å². The van der Waals surface area contributed by atoms with E-state index in [2.05, 4.69) is 11.6 Å². The highest BCUT2D eigenvalue weighted by molar-refractivity contribution is 6.46. The fourth-order valence-corrected chi connectivity index (χ4v) is 4.28. The molecule has 7 heteroatoms. The smallest absolute Gasteiger partial charge is 0.295 e. The highest BCUT2D eigenvalue weighted by atomic mass is 16.5. The topological polar surface area (TPSA) is 89.0 Å². The van der Waals surface area contributed by atoms with E-state index in [1.54, 1.807) is 67.0 Å². The fraction of sp³-hybridized carbons (Fsp3) is 0.207. The van der Waals surface area contributed by atoms with Crippen LogP contribution < -0.4 is 9.47 Å². The number of benzene rings is 2. The summed E-state index contributed by atoms with van der Waals surface area (Å²) in [7, 11) is 0. The van der Waals surface area contributed by atoms with Crippen LogP contribution >= 0.6 is 0 Å². The first kappa shape index (κ1) is 24.7. The third-order valence-electron chi connectivity index (χ3n) is 5.94. The molecule has 0 radical (unpaired) electrons. The summed E-state index contributed by atoms with van der Waals surface area (Å²) < 4.78 is 11.1. The third kappa shape index (κ3) is 5.00. The van der Waals surface area contributed by atoms with Gasteiger partial charge < -0.3 is 19.5 Å². The maximum absolute atomic E-state index is 13.3. The molecule has 1 fully saturated rings. The quantitative estimate of drug-likeness (QED) is 0.200. The summed E-state index contributed by atoms with van der Waals surface area (Å²) in [4.78, 5) is 32.1. The van der Waals surface area contributed by atoms with E-state index >= 15 is 0 Å². The van der Waals surface area contributed by atoms with Crippen molar-refractivity contribution in [2.75, 3.05) is 13.2 Å². The van der Waals surface area contributed by atoms with Gasteiger partial charge >= 0.3 is 0 Å². The Labute approximate surface area is 210 Å². The van der Waals surface area contributed by atoms with E-state index in [0.717, 1.165) is 11.1 Å². The summed E-state index contributed by atoms with van der Waals surface area (Å²) in [5.74, 6) is -0.345. The van der Waals surface area contributed by atoms with Gasteiger partial charge in [0, 0.05) is 24.5 Å². The molecule has 2 aromatic carbocycles. The average Bonchev–Trinajstić information content (AvgIpc) is 3.13. The summed E-state index contributed by atoms with van der Waals surface area (Å²) in [6.45, 7) is 8.39. The summed E-state index contributed by atoms with van der Waals surface area (Å²) in [5, 5.41) is 11.4. The number of aromatic nitrogens is 1. The van der Waals surface area contributed by atoms with Crippen molar-refractivity contribution in [3.05, 3.63) is 107 Å². The van der Waals surface area contributed by atoms with Crippen LogP contribution in [0.5, 0.6) is 11.5 Å². The molecule has 1 atom stereocenters. The number of likely N-dealkylation sites (tertiary alicyclic amines) is 1. The van der Waals surface area contributed by atoms with Crippen LogP contribution in [0.2, 0.25) is 0 Å². The van der Waals surface area contributed by atoms with Gasteiger partial charge in [-0.3, -0.25) is 14.6 Å². The number of nitrogens with zero attached hydrogens (tertiary/aromatic N) is 2. The van der Waals surface area contributed by atoms with Crippen LogP contribution in [0.15, 0.2) is 85.2 Å². The molecule has 7 nitrogen and oxygen atoms in total. The first-order valence-electron chi connectivity index (χ1n) is 11.7. The zero-order chi connectivity index (χ0) is 25.7. The van der Waals surface area contributed by atoms with Crippen molar-refractivity contribution >= 4 is 17.4 Å². The number of aliphatic hydroxyl groups is 1. The number of rotatable bonds is 9. The van der Waals surface area contributed by atoms with Gasteiger partial charge in [-0.15, -0.1) is 0 Å². The van der Waals surface area contributed by atoms with Crippen molar-refractivity contribution < 1.29 is 24.2 Å². The lowest BCUT2D eigenvalue weighted by molar-refractivity contribution is -0.140. The summed E-state index contributed by atoms with van der Waals surface area (Å²) in [6.07, 6.45) is 4.95. The number of ketones is 1. The summed E-state index contributed by atoms with van der Waals surface area (Å²) in [6, 6.07) is 15.2. The lowest BCUT2D eigenvalue weighted by Gasteiger charge is -2.25. The average molecular weight is 485 g/mol. The van der Waals surface area contributed by atoms with Crippen molar-refractivity contribution in [2.45, 2.75) is 26.4 Å². The standard InChI is InChI=1S/C29H28N2O5/c1-4-15-36-22-10-8-21(9-11-22)26-25(27(32)24-13-12-23(35-5-2)16-19(24)3)28(33)29(34)31(26)18-20-7-6-14-30-17-20/h4,6-14,16-17,26,32H,1,5,15,18H2,2-3H3. The van der Waals surface area contributed by atoms with E-state index < -0.39 is 17.7 Å². The maximum Gasteiger partial charge on any atom is 0.295 e. The highest BCUT2D eigenvalue weighted by Crippen LogP contribution is 2.41. The van der Waals surface area contributed by atoms with E-state index in [0.29, 0.717) is 35.8 Å². The number of hydrogen-bond acceptors (Lipinski definition) is 6. The van der Waals surface area contributed by atoms with Gasteiger partial charge in [0.05, 0.1) is 18.2 Å². The molecule has 1 aliphatic rings. The molecular weight excluding hydrogens is 456 g/mol. The molecule has 0 bridgehead atoms. The first-order valence-corrected chi connectivity index (χ1v) is 11.7. The zero-order valence-electron chi connectivity index (χ0n) is 20.3. The van der Waals surface area contributed by atoms with Crippen molar-refractivity contribution in [3.8, 4) is 11.5 Å². The van der Waals surface area contributed by atoms with Crippen LogP contribution in [0.25, 0.3) is 5.76 Å². The largest absolute Gasteiger partial charge is 0.507 e. The Balaban J connectivity index is 1.81. The van der Waals surface area contributed by atoms with Gasteiger partial charge in [0.1, 0.15) is 23.9 Å². The lowest BCUT2D eigenvalue weighted by atomic mass is 9.93. The molecule has 184 valence electrons. The SMILES string of the molecule is C=CCOc1ccc(C2C(=C(O)c3ccc(OCC)cc3C)C(=O)C(=O)N2Cc2cccnc2)cc1. The van der Waals surface area contributed by atoms with Gasteiger partial charge in [0.2, 0.25) is 0 Å². The molecule has 1 saturated heterocycles. The number of carbonyl (C=O) groups excluding carboxylic acids is 2. The molecule has 1 amide bonds. The zero-order valence-corrected chi connectivity index (χ0v) is 20.3. The van der Waals surface area contributed by atoms with Gasteiger partial charge in [-0.1, -0.05) is 30.9 Å². The number of pyridine rings is 1. The number of ether oxygens (including phenoxy) is 2. The number of hydrogen-bond donors (Lipinski definition) is 1. The van der Waals surface area contributed by atoms with Gasteiger partial charge in [-0.2, -0.15) is 0 Å². The molecule has 36 heavy (non-hydrogen) atoms. The summed E-state index contributed by atoms with van der Waals surface area (Å²) >= 11 is 0. The van der Waals surface area contributed by atoms with Crippen molar-refractivity contribution in [1.82, 2.24) is 9.88 Å². The second kappa shape index (κ2) is 10.9. The number of Topliss-reactive ketones (excluding diaryl/α,β-unsaturated/α-hetero) is 1. The Kier molecular flexibility index (Phi) is 7.49. The molecule has 1 unspecified atom stereocenters. The minimum Gasteiger partial charge on any atom is -0.507 e. The second-order valence-corrected chi connectivity index (χ2v) is 8.37. The first-order chi connectivity index (χ1) is 17.4. The van der Waals surface area contributed by atoms with Crippen LogP contribution in [0.3, 0.4) is 0 Å². The van der Waals surface area contributed by atoms with Crippen molar-refractivity contribution in [3.63, 3.8) is 0 Å². The fourth-order valence-electron chi connectivity index (χ4n) is 4.28. The molecule has 0 spiro atoms. The van der Waals surface area contributed by atoms with E-state index in [1.807, 2.05) is 19.9 Å². The van der Waals surface area contributed by atoms with Crippen LogP contribution in [-0.4, -0.2) is 39.9 Å². The van der Waals surface area contributed by atoms with E-state index in [1.165, 1.54) is 4.90 Å². The molecule has 2 heterocycles. The molecule has 1 aliphatic heterocycles. The predicted octanol–water partition coefficient (Wildman–Crippen LogP) is 4.98. The van der Waals surface area contributed by atoms with Crippen LogP contribution in [-0.2, 0) is 16.1 Å². The van der Waals surface area contributed by atoms with E-state index in [9.17, 15) is 14.7 Å². The van der Waals surface area contributed by atoms with Crippen LogP contribution in [0.4, 0.5) is 0 Å². The molecule has 1 aromatic heterocycles. The predicted molar refractivity (Wildman–Crippen MR) is 137 cm³/mol. The molecule has 4 rings (SSSR count). The van der Waals surface area contributed by atoms with Crippen molar-refractivity contribution in [2.24, 2.45) is 0 Å². The monoisotopic (exact) mass is 484 g/mol.